The topological polar surface area (TPSA) is 27.0 Å². The van der Waals surface area contributed by atoms with E-state index in [9.17, 15) is 8.78 Å². The maximum absolute atomic E-state index is 14.2. The van der Waals surface area contributed by atoms with Gasteiger partial charge in [-0.25, -0.2) is 0 Å². The van der Waals surface area contributed by atoms with Crippen LogP contribution in [0.25, 0.3) is 0 Å². The van der Waals surface area contributed by atoms with E-state index in [2.05, 4.69) is 0 Å². The first-order valence-corrected chi connectivity index (χ1v) is 6.18. The van der Waals surface area contributed by atoms with Gasteiger partial charge in [0.25, 0.3) is 5.92 Å². The normalized spacial score (nSPS) is 10.9. The van der Waals surface area contributed by atoms with Crippen LogP contribution in [0.1, 0.15) is 11.1 Å². The lowest BCUT2D eigenvalue weighted by atomic mass is 10.1. The van der Waals surface area contributed by atoms with Crippen molar-refractivity contribution in [3.05, 3.63) is 65.7 Å². The fourth-order valence-corrected chi connectivity index (χ4v) is 2.06. The lowest BCUT2D eigenvalue weighted by Crippen LogP contribution is -2.32. The quantitative estimate of drug-likeness (QED) is 0.846. The van der Waals surface area contributed by atoms with Gasteiger partial charge in [-0.1, -0.05) is 42.5 Å². The molecule has 0 heterocycles. The highest BCUT2D eigenvalue weighted by molar-refractivity contribution is 5.58. The van der Waals surface area contributed by atoms with Crippen molar-refractivity contribution in [3.63, 3.8) is 0 Å². The number of likely N-dealkylation sites (N-methyl/N-ethyl adjacent to an activating group) is 1. The Balaban J connectivity index is 2.23. The van der Waals surface area contributed by atoms with Gasteiger partial charge in [0, 0.05) is 12.6 Å². The zero-order valence-electron chi connectivity index (χ0n) is 11.1. The van der Waals surface area contributed by atoms with Gasteiger partial charge >= 0.3 is 0 Å². The molecule has 0 aliphatic rings. The molecule has 2 aromatic carbocycles. The van der Waals surface area contributed by atoms with E-state index in [0.29, 0.717) is 11.3 Å². The molecule has 0 N–H and O–H groups in total. The molecular formula is C16H14F2N2. The largest absolute Gasteiger partial charge is 0.367 e. The summed E-state index contributed by atoms with van der Waals surface area (Å²) >= 11 is 0. The van der Waals surface area contributed by atoms with Crippen LogP contribution < -0.4 is 4.90 Å². The molecule has 0 unspecified atom stereocenters. The van der Waals surface area contributed by atoms with Crippen molar-refractivity contribution in [3.8, 4) is 6.07 Å². The van der Waals surface area contributed by atoms with Crippen molar-refractivity contribution < 1.29 is 8.78 Å². The van der Waals surface area contributed by atoms with Gasteiger partial charge in [-0.15, -0.1) is 0 Å². The number of hydrogen-bond donors (Lipinski definition) is 0. The van der Waals surface area contributed by atoms with Crippen LogP contribution in [0.5, 0.6) is 0 Å². The SMILES string of the molecule is CN(CC(F)(F)c1ccccc1)c1ccccc1C#N. The highest BCUT2D eigenvalue weighted by Gasteiger charge is 2.33. The Labute approximate surface area is 116 Å². The molecule has 0 atom stereocenters. The molecule has 0 saturated heterocycles. The van der Waals surface area contributed by atoms with E-state index in [-0.39, 0.29) is 5.56 Å². The highest BCUT2D eigenvalue weighted by atomic mass is 19.3. The molecule has 2 rings (SSSR count). The lowest BCUT2D eigenvalue weighted by molar-refractivity contribution is 0.00499. The Morgan fingerprint density at radius 3 is 2.30 bits per heavy atom. The molecular weight excluding hydrogens is 258 g/mol. The van der Waals surface area contributed by atoms with Crippen LogP contribution in [0.15, 0.2) is 54.6 Å². The number of benzene rings is 2. The van der Waals surface area contributed by atoms with E-state index in [1.165, 1.54) is 17.0 Å². The Hall–Kier alpha value is -2.41. The average molecular weight is 272 g/mol. The maximum Gasteiger partial charge on any atom is 0.290 e. The summed E-state index contributed by atoms with van der Waals surface area (Å²) in [7, 11) is 1.56. The number of alkyl halides is 2. The van der Waals surface area contributed by atoms with Crippen LogP contribution >= 0.6 is 0 Å². The fourth-order valence-electron chi connectivity index (χ4n) is 2.06. The van der Waals surface area contributed by atoms with Crippen molar-refractivity contribution in [1.82, 2.24) is 0 Å². The van der Waals surface area contributed by atoms with E-state index < -0.39 is 12.5 Å². The molecule has 0 spiro atoms. The minimum absolute atomic E-state index is 0.0266. The number of para-hydroxylation sites is 1. The molecule has 0 fully saturated rings. The van der Waals surface area contributed by atoms with Gasteiger partial charge in [-0.05, 0) is 12.1 Å². The second-order valence-electron chi connectivity index (χ2n) is 4.56. The smallest absolute Gasteiger partial charge is 0.290 e. The van der Waals surface area contributed by atoms with Gasteiger partial charge < -0.3 is 4.90 Å². The zero-order chi connectivity index (χ0) is 14.6. The Morgan fingerprint density at radius 2 is 1.65 bits per heavy atom. The van der Waals surface area contributed by atoms with Crippen molar-refractivity contribution in [1.29, 1.82) is 5.26 Å². The predicted octanol–water partition coefficient (Wildman–Crippen LogP) is 3.79. The molecule has 102 valence electrons. The minimum atomic E-state index is -2.97. The molecule has 0 aromatic heterocycles. The number of nitrogens with zero attached hydrogens (tertiary/aromatic N) is 2. The van der Waals surface area contributed by atoms with E-state index in [1.54, 1.807) is 49.5 Å². The van der Waals surface area contributed by atoms with Crippen LogP contribution in [0, 0.1) is 11.3 Å². The molecule has 0 amide bonds. The Kier molecular flexibility index (Phi) is 3.99. The summed E-state index contributed by atoms with van der Waals surface area (Å²) in [6.45, 7) is -0.476. The fraction of sp³-hybridized carbons (Fsp3) is 0.188. The molecule has 2 aromatic rings. The standard InChI is InChI=1S/C16H14F2N2/c1-20(15-10-6-5-7-13(15)11-19)12-16(17,18)14-8-3-2-4-9-14/h2-10H,12H2,1H3. The molecule has 4 heteroatoms. The van der Waals surface area contributed by atoms with Crippen molar-refractivity contribution in [2.24, 2.45) is 0 Å². The molecule has 0 aliphatic heterocycles. The van der Waals surface area contributed by atoms with Gasteiger partial charge in [0.05, 0.1) is 17.8 Å². The zero-order valence-corrected chi connectivity index (χ0v) is 11.1. The number of hydrogen-bond acceptors (Lipinski definition) is 2. The van der Waals surface area contributed by atoms with E-state index in [0.717, 1.165) is 0 Å². The number of anilines is 1. The molecule has 0 radical (unpaired) electrons. The van der Waals surface area contributed by atoms with Crippen LogP contribution in [-0.4, -0.2) is 13.6 Å². The first-order valence-electron chi connectivity index (χ1n) is 6.18. The Morgan fingerprint density at radius 1 is 1.05 bits per heavy atom. The molecule has 0 aliphatic carbocycles. The van der Waals surface area contributed by atoms with Gasteiger partial charge in [-0.2, -0.15) is 14.0 Å². The first-order chi connectivity index (χ1) is 9.54. The van der Waals surface area contributed by atoms with Gasteiger partial charge in [0.1, 0.15) is 6.07 Å². The second kappa shape index (κ2) is 5.70. The monoisotopic (exact) mass is 272 g/mol. The van der Waals surface area contributed by atoms with Crippen molar-refractivity contribution >= 4 is 5.69 Å². The third-order valence-electron chi connectivity index (χ3n) is 3.07. The number of halogens is 2. The summed E-state index contributed by atoms with van der Waals surface area (Å²) < 4.78 is 28.4. The predicted molar refractivity (Wildman–Crippen MR) is 74.8 cm³/mol. The summed E-state index contributed by atoms with van der Waals surface area (Å²) in [6.07, 6.45) is 0. The summed E-state index contributed by atoms with van der Waals surface area (Å²) in [5.41, 5.74) is 0.866. The molecule has 2 nitrogen and oxygen atoms in total. The van der Waals surface area contributed by atoms with Gasteiger partial charge in [0.2, 0.25) is 0 Å². The van der Waals surface area contributed by atoms with E-state index in [1.807, 2.05) is 6.07 Å². The molecule has 0 bridgehead atoms. The second-order valence-corrected chi connectivity index (χ2v) is 4.56. The summed E-state index contributed by atoms with van der Waals surface area (Å²) in [5.74, 6) is -2.97. The Bertz CT molecular complexity index is 618. The van der Waals surface area contributed by atoms with Crippen molar-refractivity contribution in [2.45, 2.75) is 5.92 Å². The van der Waals surface area contributed by atoms with Crippen molar-refractivity contribution in [2.75, 3.05) is 18.5 Å². The van der Waals surface area contributed by atoms with Crippen LogP contribution in [0.2, 0.25) is 0 Å². The molecule has 20 heavy (non-hydrogen) atoms. The van der Waals surface area contributed by atoms with Crippen LogP contribution in [-0.2, 0) is 5.92 Å². The first kappa shape index (κ1) is 14.0. The average Bonchev–Trinajstić information content (AvgIpc) is 2.47. The lowest BCUT2D eigenvalue weighted by Gasteiger charge is -2.26. The number of nitriles is 1. The summed E-state index contributed by atoms with van der Waals surface area (Å²) in [6, 6.07) is 16.4. The number of rotatable bonds is 4. The van der Waals surface area contributed by atoms with E-state index >= 15 is 0 Å². The van der Waals surface area contributed by atoms with Gasteiger partial charge in [0.15, 0.2) is 0 Å². The van der Waals surface area contributed by atoms with Crippen LogP contribution in [0.3, 0.4) is 0 Å². The summed E-state index contributed by atoms with van der Waals surface area (Å²) in [5, 5.41) is 9.02. The summed E-state index contributed by atoms with van der Waals surface area (Å²) in [4.78, 5) is 1.41. The van der Waals surface area contributed by atoms with E-state index in [4.69, 9.17) is 5.26 Å². The minimum Gasteiger partial charge on any atom is -0.367 e. The molecule has 0 saturated carbocycles. The van der Waals surface area contributed by atoms with Crippen LogP contribution in [0.4, 0.5) is 14.5 Å². The van der Waals surface area contributed by atoms with Gasteiger partial charge in [-0.3, -0.25) is 0 Å². The third-order valence-corrected chi connectivity index (χ3v) is 3.07. The maximum atomic E-state index is 14.2. The third kappa shape index (κ3) is 2.94. The highest BCUT2D eigenvalue weighted by Crippen LogP contribution is 2.30.